The van der Waals surface area contributed by atoms with Crippen molar-refractivity contribution in [3.05, 3.63) is 350 Å². The Bertz CT molecular complexity index is 6750. The van der Waals surface area contributed by atoms with Crippen LogP contribution in [0.25, 0.3) is 95.5 Å². The fourth-order valence-electron chi connectivity index (χ4n) is 21.7. The van der Waals surface area contributed by atoms with E-state index in [1.807, 2.05) is 0 Å². The second kappa shape index (κ2) is 40.7. The van der Waals surface area contributed by atoms with Gasteiger partial charge in [-0.15, -0.1) is 22.7 Å². The summed E-state index contributed by atoms with van der Waals surface area (Å²) in [6, 6.07) is 105. The third-order valence-corrected chi connectivity index (χ3v) is 31.6. The zero-order valence-electron chi connectivity index (χ0n) is 78.0. The molecule has 2 aliphatic carbocycles. The van der Waals surface area contributed by atoms with Crippen LogP contribution in [0.5, 0.6) is 11.5 Å². The number of nitrogens with zero attached hydrogens (tertiary/aromatic N) is 3. The van der Waals surface area contributed by atoms with Crippen LogP contribution in [0.2, 0.25) is 0 Å². The maximum Gasteiger partial charge on any atom is 0.121 e. The van der Waals surface area contributed by atoms with Gasteiger partial charge in [-0.25, -0.2) is 0 Å². The van der Waals surface area contributed by atoms with Crippen LogP contribution in [0.4, 0.5) is 17.1 Å². The van der Waals surface area contributed by atoms with Crippen LogP contribution in [0.3, 0.4) is 0 Å². The van der Waals surface area contributed by atoms with Gasteiger partial charge in [0.15, 0.2) is 0 Å². The molecule has 662 valence electrons. The molecule has 14 aromatic carbocycles. The Kier molecular flexibility index (Phi) is 27.6. The summed E-state index contributed by atoms with van der Waals surface area (Å²) in [5, 5.41) is 9.66. The first-order valence-corrected chi connectivity index (χ1v) is 52.1. The van der Waals surface area contributed by atoms with E-state index in [9.17, 15) is 0 Å². The Morgan fingerprint density at radius 1 is 0.328 bits per heavy atom. The highest BCUT2D eigenvalue weighted by Crippen LogP contribution is 2.69. The minimum absolute atomic E-state index is 0.692. The van der Waals surface area contributed by atoms with E-state index in [0.717, 1.165) is 150 Å². The number of anilines is 3. The molecule has 131 heavy (non-hydrogen) atoms. The van der Waals surface area contributed by atoms with E-state index < -0.39 is 10.8 Å². The standard InChI is InChI=1S/C123H125N3O2S3/c1-8-14-20-26-38-85-52-64-91(65-53-85)122(92-66-54-86(55-67-92)39-27-21-15-9-2)107-48-36-46-102-101(81-63-90-62-80-99(116-115(90)124-131-125-116)89-60-50-84(7)51-61-89)100-42-30-31-43-103(100)111(109(102)107)118-113(122)120-121(129-118)114-119(130-120)112-104-44-32-33-45-105(104)117(126(95-72-76-97(77-73-95)127-82-34-24-18-12-5)96-74-78-98(79-75-96)128-83-35-25-19-13-6)106-47-37-49-108(110(106)112)123(114,93-68-56-87(57-69-93)40-28-22-16-10-3)94-70-58-88(59-71-94)41-29-23-17-11-4/h30-33,36-37,42-62,64-80H,8-29,34-35,38-41,82-83H2,1-7H3. The van der Waals surface area contributed by atoms with Gasteiger partial charge in [0.2, 0.25) is 0 Å². The molecule has 0 saturated carbocycles. The molecule has 8 heteroatoms. The fourth-order valence-corrected chi connectivity index (χ4v) is 25.5. The van der Waals surface area contributed by atoms with E-state index in [1.165, 1.54) is 249 Å². The number of hydrogen-bond donors (Lipinski definition) is 0. The molecule has 0 amide bonds. The van der Waals surface area contributed by atoms with Crippen molar-refractivity contribution in [2.45, 2.75) is 239 Å². The summed E-state index contributed by atoms with van der Waals surface area (Å²) >= 11 is 5.42. The average molecular weight is 1770 g/mol. The first kappa shape index (κ1) is 88.8. The van der Waals surface area contributed by atoms with Crippen molar-refractivity contribution in [1.29, 1.82) is 0 Å². The lowest BCUT2D eigenvalue weighted by Gasteiger charge is -2.42. The number of unbranched alkanes of at least 4 members (excludes halogenated alkanes) is 18. The molecule has 17 aromatic rings. The zero-order chi connectivity index (χ0) is 89.2. The number of aromatic nitrogens is 2. The van der Waals surface area contributed by atoms with Gasteiger partial charge in [0, 0.05) is 65.3 Å². The topological polar surface area (TPSA) is 47.5 Å². The van der Waals surface area contributed by atoms with E-state index in [0.29, 0.717) is 13.2 Å². The lowest BCUT2D eigenvalue weighted by molar-refractivity contribution is 0.305. The Labute approximate surface area is 790 Å². The highest BCUT2D eigenvalue weighted by atomic mass is 32.1. The minimum Gasteiger partial charge on any atom is -0.494 e. The maximum absolute atomic E-state index is 6.61. The van der Waals surface area contributed by atoms with Gasteiger partial charge in [-0.2, -0.15) is 8.75 Å². The number of aryl methyl sites for hydroxylation is 5. The highest BCUT2D eigenvalue weighted by Gasteiger charge is 2.53. The average Bonchev–Trinajstić information content (AvgIpc) is 1.52. The lowest BCUT2D eigenvalue weighted by Crippen LogP contribution is -2.33. The van der Waals surface area contributed by atoms with E-state index in [-0.39, 0.29) is 0 Å². The van der Waals surface area contributed by atoms with Gasteiger partial charge in [0.25, 0.3) is 0 Å². The monoisotopic (exact) mass is 1770 g/mol. The van der Waals surface area contributed by atoms with Gasteiger partial charge in [-0.3, -0.25) is 0 Å². The molecule has 0 unspecified atom stereocenters. The summed E-state index contributed by atoms with van der Waals surface area (Å²) in [7, 11) is 0. The van der Waals surface area contributed by atoms with Crippen LogP contribution in [-0.4, -0.2) is 22.0 Å². The van der Waals surface area contributed by atoms with Gasteiger partial charge < -0.3 is 14.4 Å². The number of ether oxygens (including phenoxy) is 2. The maximum atomic E-state index is 6.61. The van der Waals surface area contributed by atoms with E-state index in [2.05, 4.69) is 355 Å². The number of thiophene rings is 2. The molecular formula is C123H125N3O2S3. The summed E-state index contributed by atoms with van der Waals surface area (Å²) in [4.78, 5) is 5.21. The molecule has 5 nitrogen and oxygen atoms in total. The van der Waals surface area contributed by atoms with Crippen molar-refractivity contribution in [3.63, 3.8) is 0 Å². The highest BCUT2D eigenvalue weighted by molar-refractivity contribution is 7.32. The van der Waals surface area contributed by atoms with Gasteiger partial charge in [0.05, 0.1) is 56.4 Å². The molecule has 19 rings (SSSR count). The molecule has 0 bridgehead atoms. The first-order chi connectivity index (χ1) is 64.7. The number of rotatable bonds is 40. The molecule has 0 N–H and O–H groups in total. The van der Waals surface area contributed by atoms with E-state index >= 15 is 0 Å². The van der Waals surface area contributed by atoms with Crippen LogP contribution in [0.15, 0.2) is 267 Å². The van der Waals surface area contributed by atoms with Crippen molar-refractivity contribution >= 4 is 115 Å². The molecular weight excluding hydrogens is 1650 g/mol. The molecule has 0 fully saturated rings. The van der Waals surface area contributed by atoms with Gasteiger partial charge in [0.1, 0.15) is 22.5 Å². The summed E-state index contributed by atoms with van der Waals surface area (Å²) in [5.41, 5.74) is 27.1. The quantitative estimate of drug-likeness (QED) is 0.0218. The van der Waals surface area contributed by atoms with Crippen LogP contribution in [0.1, 0.15) is 279 Å². The Balaban J connectivity index is 0.934. The summed E-state index contributed by atoms with van der Waals surface area (Å²) in [5.74, 6) is 9.65. The van der Waals surface area contributed by atoms with Crippen molar-refractivity contribution in [2.24, 2.45) is 0 Å². The second-order valence-corrected chi connectivity index (χ2v) is 39.8. The molecule has 3 heterocycles. The summed E-state index contributed by atoms with van der Waals surface area (Å²) in [6.07, 6.45) is 32.7. The molecule has 0 aliphatic heterocycles. The fraction of sp³-hybridized carbons (Fsp3) is 0.317. The van der Waals surface area contributed by atoms with Crippen LogP contribution in [-0.2, 0) is 36.5 Å². The predicted octanol–water partition coefficient (Wildman–Crippen LogP) is 35.6. The van der Waals surface area contributed by atoms with Crippen LogP contribution in [0, 0.1) is 18.8 Å². The van der Waals surface area contributed by atoms with Crippen molar-refractivity contribution in [2.75, 3.05) is 18.1 Å². The summed E-state index contributed by atoms with van der Waals surface area (Å²) < 4.78 is 25.9. The Morgan fingerprint density at radius 2 is 0.710 bits per heavy atom. The zero-order valence-corrected chi connectivity index (χ0v) is 80.4. The molecule has 3 aromatic heterocycles. The summed E-state index contributed by atoms with van der Waals surface area (Å²) in [6.45, 7) is 17.4. The van der Waals surface area contributed by atoms with Gasteiger partial charge in [-0.05, 0) is 219 Å². The molecule has 0 saturated heterocycles. The minimum atomic E-state index is -0.881. The second-order valence-electron chi connectivity index (χ2n) is 37.2. The van der Waals surface area contributed by atoms with Gasteiger partial charge in [-0.1, -0.05) is 387 Å². The third-order valence-electron chi connectivity index (χ3n) is 28.5. The first-order valence-electron chi connectivity index (χ1n) is 49.7. The van der Waals surface area contributed by atoms with Crippen molar-refractivity contribution < 1.29 is 9.47 Å². The van der Waals surface area contributed by atoms with Crippen LogP contribution >= 0.6 is 34.4 Å². The van der Waals surface area contributed by atoms with E-state index in [1.54, 1.807) is 0 Å². The third kappa shape index (κ3) is 17.1. The molecule has 0 atom stereocenters. The smallest absolute Gasteiger partial charge is 0.121 e. The lowest BCUT2D eigenvalue weighted by atomic mass is 9.59. The normalized spacial score (nSPS) is 12.9. The number of fused-ring (bicyclic) bond motifs is 12. The van der Waals surface area contributed by atoms with Gasteiger partial charge >= 0.3 is 0 Å². The van der Waals surface area contributed by atoms with Crippen molar-refractivity contribution in [1.82, 2.24) is 8.75 Å². The van der Waals surface area contributed by atoms with Crippen molar-refractivity contribution in [3.8, 4) is 55.3 Å². The largest absolute Gasteiger partial charge is 0.494 e. The number of benzene rings is 14. The predicted molar refractivity (Wildman–Crippen MR) is 563 cm³/mol. The Hall–Kier alpha value is -11.4. The number of hydrogen-bond acceptors (Lipinski definition) is 8. The van der Waals surface area contributed by atoms with E-state index in [4.69, 9.17) is 18.2 Å². The molecule has 0 spiro atoms. The van der Waals surface area contributed by atoms with Crippen LogP contribution < -0.4 is 14.4 Å². The molecule has 2 aliphatic rings. The molecule has 0 radical (unpaired) electrons. The Morgan fingerprint density at radius 3 is 1.15 bits per heavy atom. The SMILES string of the molecule is CCCCCCOc1ccc(N(c2ccc(OCCCCCC)cc2)c2c3ccccc3c3c4c(cccc24)C(c2ccc(CCCCCC)cc2)(c2ccc(CCCCCC)cc2)c2c-3sc3c4c(sc23)-c2c3ccccc3c(C#Cc3ccc(-c5ccc(C)cc5)c5nsnc35)c3cccc(c23)C4(c2ccc(CCCCCC)cc2)c2ccc(CCCCCC)cc2)cc1.